The largest absolute Gasteiger partial charge is 1.00 e. The molecule has 0 spiro atoms. The molecule has 1 aliphatic rings. The fourth-order valence-electron chi connectivity index (χ4n) is 3.82. The zero-order chi connectivity index (χ0) is 23.5. The van der Waals surface area contributed by atoms with Crippen LogP contribution in [0.4, 0.5) is 13.2 Å². The van der Waals surface area contributed by atoms with Crippen LogP contribution in [0.25, 0.3) is 10.9 Å². The maximum atomic E-state index is 12.7. The van der Waals surface area contributed by atoms with Crippen LogP contribution >= 0.6 is 0 Å². The number of fused-ring (bicyclic) bond motifs is 1. The van der Waals surface area contributed by atoms with Gasteiger partial charge < -0.3 is 21.9 Å². The van der Waals surface area contributed by atoms with Crippen LogP contribution in [0.2, 0.25) is 0 Å². The van der Waals surface area contributed by atoms with Crippen LogP contribution in [0.3, 0.4) is 0 Å². The van der Waals surface area contributed by atoms with E-state index >= 15 is 0 Å². The molecule has 9 heteroatoms. The molecule has 34 heavy (non-hydrogen) atoms. The van der Waals surface area contributed by atoms with Gasteiger partial charge in [-0.25, -0.2) is 9.37 Å². The summed E-state index contributed by atoms with van der Waals surface area (Å²) < 4.78 is 44.8. The molecule has 1 aliphatic heterocycles. The van der Waals surface area contributed by atoms with Gasteiger partial charge in [0.2, 0.25) is 5.88 Å². The van der Waals surface area contributed by atoms with Crippen LogP contribution in [0.1, 0.15) is 24.0 Å². The summed E-state index contributed by atoms with van der Waals surface area (Å²) in [5.74, 6) is 0.818. The van der Waals surface area contributed by atoms with Crippen LogP contribution in [0, 0.1) is 26.1 Å². The molecule has 3 aromatic rings. The molecule has 5 nitrogen and oxygen atoms in total. The van der Waals surface area contributed by atoms with Crippen molar-refractivity contribution in [3.8, 4) is 11.6 Å². The quantitative estimate of drug-likeness (QED) is 0.459. The Bertz CT molecular complexity index is 964. The van der Waals surface area contributed by atoms with Crippen molar-refractivity contribution in [2.24, 2.45) is 5.92 Å². The van der Waals surface area contributed by atoms with Crippen molar-refractivity contribution in [1.82, 2.24) is 14.9 Å². The number of pyridine rings is 1. The van der Waals surface area contributed by atoms with E-state index in [1.165, 1.54) is 47.5 Å². The van der Waals surface area contributed by atoms with Gasteiger partial charge in [0.25, 0.3) is 0 Å². The molecular weight excluding hydrogens is 564 g/mol. The Morgan fingerprint density at radius 2 is 1.82 bits per heavy atom. The fourth-order valence-corrected chi connectivity index (χ4v) is 3.82. The Morgan fingerprint density at radius 3 is 2.35 bits per heavy atom. The molecule has 0 radical (unpaired) electrons. The first-order chi connectivity index (χ1) is 15.6. The molecule has 0 unspecified atom stereocenters. The Kier molecular flexibility index (Phi) is 17.3. The van der Waals surface area contributed by atoms with Gasteiger partial charge in [-0.3, -0.25) is 13.7 Å². The van der Waals surface area contributed by atoms with Gasteiger partial charge in [-0.1, -0.05) is 0 Å². The van der Waals surface area contributed by atoms with Gasteiger partial charge in [0.05, 0.1) is 28.1 Å². The number of piperidine rings is 1. The van der Waals surface area contributed by atoms with E-state index in [-0.39, 0.29) is 94.8 Å². The molecule has 1 aromatic carbocycles. The number of hydrogen-bond acceptors (Lipinski definition) is 4. The smallest absolute Gasteiger partial charge is 0.496 e. The molecule has 0 amide bonds. The zero-order valence-corrected chi connectivity index (χ0v) is 27.4. The number of halogens is 3. The van der Waals surface area contributed by atoms with Crippen LogP contribution in [0.15, 0.2) is 36.7 Å². The number of methoxy groups -OCH3 is 2. The van der Waals surface area contributed by atoms with Gasteiger partial charge in [0, 0.05) is 35.4 Å². The van der Waals surface area contributed by atoms with Crippen LogP contribution < -0.4 is 78.4 Å². The number of aryl methyl sites for hydroxylation is 1. The van der Waals surface area contributed by atoms with Crippen LogP contribution in [0.5, 0.6) is 11.6 Å². The topological polar surface area (TPSA) is 50.4 Å². The number of nitrogens with zero attached hydrogens (tertiary/aromatic N) is 2. The number of hydrogen-bond donors (Lipinski definition) is 1. The summed E-state index contributed by atoms with van der Waals surface area (Å²) in [5, 5.41) is 1.24. The molecule has 0 atom stereocenters. The van der Waals surface area contributed by atoms with E-state index in [4.69, 9.17) is 4.74 Å². The molecule has 184 valence electrons. The predicted molar refractivity (Wildman–Crippen MR) is 128 cm³/mol. The van der Waals surface area contributed by atoms with E-state index < -0.39 is 5.82 Å². The maximum Gasteiger partial charge on any atom is 1.00 e. The van der Waals surface area contributed by atoms with E-state index in [0.717, 1.165) is 38.2 Å². The number of ether oxygens (including phenoxy) is 2. The number of benzene rings is 1. The summed E-state index contributed by atoms with van der Waals surface area (Å²) in [6.45, 7) is 4.73. The third-order valence-corrected chi connectivity index (χ3v) is 5.56. The Hall–Kier alpha value is -0.688. The van der Waals surface area contributed by atoms with E-state index in [0.29, 0.717) is 7.18 Å². The average Bonchev–Trinajstić information content (AvgIpc) is 3.34. The van der Waals surface area contributed by atoms with Crippen molar-refractivity contribution in [3.63, 3.8) is 0 Å². The summed E-state index contributed by atoms with van der Waals surface area (Å²) in [7, 11) is 3.61. The first-order valence-electron chi connectivity index (χ1n) is 10.5. The van der Waals surface area contributed by atoms with Crippen LogP contribution in [-0.4, -0.2) is 56.0 Å². The Balaban J connectivity index is 0.000000713. The van der Waals surface area contributed by atoms with Gasteiger partial charge in [0.1, 0.15) is 5.75 Å². The van der Waals surface area contributed by atoms with E-state index in [1.54, 1.807) is 7.11 Å². The molecule has 0 bridgehead atoms. The van der Waals surface area contributed by atoms with Crippen molar-refractivity contribution in [3.05, 3.63) is 61.0 Å². The van der Waals surface area contributed by atoms with Crippen molar-refractivity contribution in [2.45, 2.75) is 26.3 Å². The Morgan fingerprint density at radius 1 is 1.15 bits per heavy atom. The zero-order valence-electron chi connectivity index (χ0n) is 21.1. The normalized spacial score (nSPS) is 13.4. The van der Waals surface area contributed by atoms with Crippen molar-refractivity contribution in [1.29, 1.82) is 0 Å². The average molecular weight is 599 g/mol. The van der Waals surface area contributed by atoms with Crippen molar-refractivity contribution >= 4 is 10.9 Å². The monoisotopic (exact) mass is 599 g/mol. The first kappa shape index (κ1) is 33.3. The van der Waals surface area contributed by atoms with Gasteiger partial charge in [-0.2, -0.15) is 0 Å². The molecule has 0 aliphatic carbocycles. The molecule has 0 saturated carbocycles. The fraction of sp³-hybridized carbons (Fsp3) is 0.440. The number of rotatable bonds is 5. The number of alkyl halides is 2. The Labute approximate surface area is 260 Å². The predicted octanol–water partition coefficient (Wildman–Crippen LogP) is 2.94. The maximum absolute atomic E-state index is 12.7. The molecule has 2 aromatic heterocycles. The standard InChI is InChI=1S/C17H23FN2O.C6H6FNO.CH3F.CH3.Cs/c1-12-9-16(21-2)15(14-3-6-19-17(12)14)11-20-7-4-13(10-18)5-8-20;1-9-6-5(7)3-2-4-8-6;1-2;;/h3,6,9,13,19H,4-5,7-8,10-11H2,1-2H3;2-4H,1H3;1H3;1H3;/q;;;-1;+1. The number of likely N-dealkylation sites (tertiary alicyclic amines) is 1. The summed E-state index contributed by atoms with van der Waals surface area (Å²) in [6.07, 6.45) is 5.37. The van der Waals surface area contributed by atoms with Crippen LogP contribution in [-0.2, 0) is 6.54 Å². The van der Waals surface area contributed by atoms with Gasteiger partial charge in [-0.15, -0.1) is 0 Å². The molecule has 1 fully saturated rings. The minimum atomic E-state index is -0.431. The second-order valence-corrected chi connectivity index (χ2v) is 7.51. The third kappa shape index (κ3) is 9.07. The molecule has 1 saturated heterocycles. The summed E-state index contributed by atoms with van der Waals surface area (Å²) in [5.41, 5.74) is 3.62. The number of nitrogens with one attached hydrogen (secondary N) is 1. The van der Waals surface area contributed by atoms with Gasteiger partial charge >= 0.3 is 68.9 Å². The molecular formula is C25H35CsF3N3O2. The van der Waals surface area contributed by atoms with Crippen molar-refractivity contribution < 1.29 is 91.5 Å². The molecule has 4 rings (SSSR count). The van der Waals surface area contributed by atoms with Gasteiger partial charge in [0.15, 0.2) is 5.82 Å². The number of aromatic nitrogens is 2. The molecule has 3 heterocycles. The SMILES string of the molecule is CF.COc1cc(C)c2[nH]ccc2c1CN1CCC(CF)CC1.COc1ncccc1F.[CH3-].[Cs+]. The second-order valence-electron chi connectivity index (χ2n) is 7.51. The van der Waals surface area contributed by atoms with E-state index in [9.17, 15) is 13.2 Å². The third-order valence-electron chi connectivity index (χ3n) is 5.56. The summed E-state index contributed by atoms with van der Waals surface area (Å²) in [4.78, 5) is 9.32. The molecule has 1 N–H and O–H groups in total. The summed E-state index contributed by atoms with van der Waals surface area (Å²) >= 11 is 0. The first-order valence-corrected chi connectivity index (χ1v) is 10.5. The number of aromatic amines is 1. The van der Waals surface area contributed by atoms with Gasteiger partial charge in [-0.05, 0) is 68.6 Å². The van der Waals surface area contributed by atoms with Crippen molar-refractivity contribution in [2.75, 3.05) is 41.2 Å². The summed E-state index contributed by atoms with van der Waals surface area (Å²) in [6, 6.07) is 7.03. The second kappa shape index (κ2) is 17.7. The minimum Gasteiger partial charge on any atom is -0.496 e. The minimum absolute atomic E-state index is 0. The number of H-pyrrole nitrogens is 1. The van der Waals surface area contributed by atoms with E-state index in [1.807, 2.05) is 6.20 Å². The van der Waals surface area contributed by atoms with E-state index in [2.05, 4.69) is 38.7 Å².